The summed E-state index contributed by atoms with van der Waals surface area (Å²) in [5.74, 6) is 0.773. The van der Waals surface area contributed by atoms with Gasteiger partial charge in [-0.25, -0.2) is 0 Å². The summed E-state index contributed by atoms with van der Waals surface area (Å²) >= 11 is 6.15. The Balaban J connectivity index is 2.36. The summed E-state index contributed by atoms with van der Waals surface area (Å²) in [4.78, 5) is 4.35. The summed E-state index contributed by atoms with van der Waals surface area (Å²) in [5.41, 5.74) is 6.38. The van der Waals surface area contributed by atoms with Crippen molar-refractivity contribution < 1.29 is 4.74 Å². The normalized spacial score (nSPS) is 12.6. The van der Waals surface area contributed by atoms with Crippen molar-refractivity contribution >= 4 is 22.5 Å². The molecule has 3 nitrogen and oxygen atoms in total. The smallest absolute Gasteiger partial charge is 0.146 e. The summed E-state index contributed by atoms with van der Waals surface area (Å²) in [6, 6.07) is 7.53. The molecular formula is C14H17ClN2O. The van der Waals surface area contributed by atoms with Gasteiger partial charge in [0, 0.05) is 11.6 Å². The van der Waals surface area contributed by atoms with Crippen molar-refractivity contribution in [1.29, 1.82) is 0 Å². The number of hydrogen-bond acceptors (Lipinski definition) is 3. The van der Waals surface area contributed by atoms with Gasteiger partial charge in [0.05, 0.1) is 11.1 Å². The molecule has 0 saturated heterocycles. The number of aromatic nitrogens is 1. The zero-order valence-electron chi connectivity index (χ0n) is 10.4. The standard InChI is InChI=1S/C14H17ClN2O/c1-2-10(7-8-16)18-13-6-5-12(15)11-4-3-9-17-14(11)13/h3-6,9-10H,2,7-8,16H2,1H3. The molecule has 0 aliphatic heterocycles. The lowest BCUT2D eigenvalue weighted by molar-refractivity contribution is 0.191. The van der Waals surface area contributed by atoms with Crippen LogP contribution in [0.1, 0.15) is 19.8 Å². The second-order valence-corrected chi connectivity index (χ2v) is 4.58. The van der Waals surface area contributed by atoms with Gasteiger partial charge in [-0.05, 0) is 43.7 Å². The molecule has 0 fully saturated rings. The average molecular weight is 265 g/mol. The number of hydrogen-bond donors (Lipinski definition) is 1. The first-order valence-corrected chi connectivity index (χ1v) is 6.54. The first-order valence-electron chi connectivity index (χ1n) is 6.16. The highest BCUT2D eigenvalue weighted by Crippen LogP contribution is 2.30. The fourth-order valence-electron chi connectivity index (χ4n) is 1.92. The lowest BCUT2D eigenvalue weighted by Crippen LogP contribution is -2.19. The molecule has 0 radical (unpaired) electrons. The van der Waals surface area contributed by atoms with Crippen molar-refractivity contribution in [3.63, 3.8) is 0 Å². The van der Waals surface area contributed by atoms with Gasteiger partial charge in [0.1, 0.15) is 11.3 Å². The van der Waals surface area contributed by atoms with Gasteiger partial charge in [0.15, 0.2) is 0 Å². The largest absolute Gasteiger partial charge is 0.488 e. The van der Waals surface area contributed by atoms with Crippen molar-refractivity contribution in [3.8, 4) is 5.75 Å². The van der Waals surface area contributed by atoms with Crippen molar-refractivity contribution in [2.45, 2.75) is 25.9 Å². The fourth-order valence-corrected chi connectivity index (χ4v) is 2.13. The molecule has 1 aromatic heterocycles. The van der Waals surface area contributed by atoms with Crippen molar-refractivity contribution in [1.82, 2.24) is 4.98 Å². The molecule has 2 aromatic rings. The molecule has 0 aliphatic rings. The highest BCUT2D eigenvalue weighted by Gasteiger charge is 2.11. The predicted molar refractivity (Wildman–Crippen MR) is 75.1 cm³/mol. The van der Waals surface area contributed by atoms with E-state index in [2.05, 4.69) is 11.9 Å². The number of nitrogens with zero attached hydrogens (tertiary/aromatic N) is 1. The number of halogens is 1. The van der Waals surface area contributed by atoms with Crippen molar-refractivity contribution in [2.75, 3.05) is 6.54 Å². The topological polar surface area (TPSA) is 48.1 Å². The molecule has 0 aliphatic carbocycles. The van der Waals surface area contributed by atoms with Gasteiger partial charge in [0.25, 0.3) is 0 Å². The van der Waals surface area contributed by atoms with Gasteiger partial charge >= 0.3 is 0 Å². The molecule has 1 heterocycles. The van der Waals surface area contributed by atoms with E-state index in [-0.39, 0.29) is 6.10 Å². The number of nitrogens with two attached hydrogens (primary N) is 1. The zero-order valence-corrected chi connectivity index (χ0v) is 11.2. The van der Waals surface area contributed by atoms with Crippen LogP contribution in [0.15, 0.2) is 30.5 Å². The lowest BCUT2D eigenvalue weighted by Gasteiger charge is -2.18. The molecule has 1 atom stereocenters. The number of pyridine rings is 1. The molecular weight excluding hydrogens is 248 g/mol. The van der Waals surface area contributed by atoms with Gasteiger partial charge in [-0.15, -0.1) is 0 Å². The highest BCUT2D eigenvalue weighted by molar-refractivity contribution is 6.35. The van der Waals surface area contributed by atoms with E-state index < -0.39 is 0 Å². The van der Waals surface area contributed by atoms with E-state index >= 15 is 0 Å². The monoisotopic (exact) mass is 264 g/mol. The molecule has 0 spiro atoms. The zero-order chi connectivity index (χ0) is 13.0. The maximum absolute atomic E-state index is 6.15. The van der Waals surface area contributed by atoms with E-state index in [0.29, 0.717) is 11.6 Å². The van der Waals surface area contributed by atoms with Gasteiger partial charge in [-0.2, -0.15) is 0 Å². The van der Waals surface area contributed by atoms with Crippen LogP contribution < -0.4 is 10.5 Å². The van der Waals surface area contributed by atoms with Crippen molar-refractivity contribution in [3.05, 3.63) is 35.5 Å². The third-order valence-corrected chi connectivity index (χ3v) is 3.25. The Morgan fingerprint density at radius 1 is 1.39 bits per heavy atom. The van der Waals surface area contributed by atoms with Gasteiger partial charge in [0.2, 0.25) is 0 Å². The number of fused-ring (bicyclic) bond motifs is 1. The predicted octanol–water partition coefficient (Wildman–Crippen LogP) is 3.39. The minimum atomic E-state index is 0.126. The lowest BCUT2D eigenvalue weighted by atomic mass is 10.2. The summed E-state index contributed by atoms with van der Waals surface area (Å²) in [6.07, 6.45) is 3.64. The van der Waals surface area contributed by atoms with Crippen LogP contribution in [-0.2, 0) is 0 Å². The molecule has 1 unspecified atom stereocenters. The van der Waals surface area contributed by atoms with Crippen molar-refractivity contribution in [2.24, 2.45) is 5.73 Å². The molecule has 18 heavy (non-hydrogen) atoms. The maximum Gasteiger partial charge on any atom is 0.146 e. The van der Waals surface area contributed by atoms with E-state index in [4.69, 9.17) is 22.1 Å². The summed E-state index contributed by atoms with van der Waals surface area (Å²) in [5, 5.41) is 1.61. The van der Waals surface area contributed by atoms with Gasteiger partial charge in [-0.1, -0.05) is 18.5 Å². The first-order chi connectivity index (χ1) is 8.76. The minimum absolute atomic E-state index is 0.126. The average Bonchev–Trinajstić information content (AvgIpc) is 2.41. The van der Waals surface area contributed by atoms with Crippen LogP contribution in [0.25, 0.3) is 10.9 Å². The summed E-state index contributed by atoms with van der Waals surface area (Å²) in [7, 11) is 0. The van der Waals surface area contributed by atoms with E-state index in [1.807, 2.05) is 24.3 Å². The molecule has 0 amide bonds. The molecule has 4 heteroatoms. The molecule has 96 valence electrons. The highest BCUT2D eigenvalue weighted by atomic mass is 35.5. The van der Waals surface area contributed by atoms with Crippen LogP contribution in [0, 0.1) is 0 Å². The van der Waals surface area contributed by atoms with Gasteiger partial charge in [-0.3, -0.25) is 4.98 Å². The van der Waals surface area contributed by atoms with Crippen LogP contribution >= 0.6 is 11.6 Å². The van der Waals surface area contributed by atoms with E-state index in [9.17, 15) is 0 Å². The molecule has 0 saturated carbocycles. The number of ether oxygens (including phenoxy) is 1. The van der Waals surface area contributed by atoms with Crippen LogP contribution in [0.5, 0.6) is 5.75 Å². The van der Waals surface area contributed by atoms with E-state index in [1.54, 1.807) is 6.20 Å². The van der Waals surface area contributed by atoms with Crippen LogP contribution in [0.2, 0.25) is 5.02 Å². The Hall–Kier alpha value is -1.32. The second-order valence-electron chi connectivity index (χ2n) is 4.17. The molecule has 0 bridgehead atoms. The molecule has 2 N–H and O–H groups in total. The maximum atomic E-state index is 6.15. The van der Waals surface area contributed by atoms with Gasteiger partial charge < -0.3 is 10.5 Å². The second kappa shape index (κ2) is 6.03. The Kier molecular flexibility index (Phi) is 4.39. The summed E-state index contributed by atoms with van der Waals surface area (Å²) in [6.45, 7) is 2.71. The third kappa shape index (κ3) is 2.74. The molecule has 1 aromatic carbocycles. The fraction of sp³-hybridized carbons (Fsp3) is 0.357. The summed E-state index contributed by atoms with van der Waals surface area (Å²) < 4.78 is 5.97. The third-order valence-electron chi connectivity index (χ3n) is 2.92. The Labute approximate surface area is 112 Å². The number of benzene rings is 1. The molecule has 2 rings (SSSR count). The first kappa shape index (κ1) is 13.1. The van der Waals surface area contributed by atoms with E-state index in [0.717, 1.165) is 29.5 Å². The number of rotatable bonds is 5. The quantitative estimate of drug-likeness (QED) is 0.900. The Morgan fingerprint density at radius 2 is 2.22 bits per heavy atom. The Bertz CT molecular complexity index is 530. The minimum Gasteiger partial charge on any atom is -0.488 e. The van der Waals surface area contributed by atoms with Crippen LogP contribution in [-0.4, -0.2) is 17.6 Å². The van der Waals surface area contributed by atoms with Crippen LogP contribution in [0.3, 0.4) is 0 Å². The van der Waals surface area contributed by atoms with E-state index in [1.165, 1.54) is 0 Å². The van der Waals surface area contributed by atoms with Crippen LogP contribution in [0.4, 0.5) is 0 Å². The SMILES string of the molecule is CCC(CCN)Oc1ccc(Cl)c2cccnc12. The Morgan fingerprint density at radius 3 is 2.94 bits per heavy atom.